The number of hydrogen-bond donors (Lipinski definition) is 0. The minimum absolute atomic E-state index is 0.0654. The van der Waals surface area contributed by atoms with Gasteiger partial charge in [-0.05, 0) is 31.1 Å². The van der Waals surface area contributed by atoms with Gasteiger partial charge < -0.3 is 14.2 Å². The number of esters is 3. The second-order valence-electron chi connectivity index (χ2n) is 16.4. The molecule has 1 unspecified atom stereocenters. The van der Waals surface area contributed by atoms with Crippen LogP contribution in [0.1, 0.15) is 247 Å². The molecule has 0 rings (SSSR count). The van der Waals surface area contributed by atoms with Gasteiger partial charge in [0, 0.05) is 19.3 Å². The maximum Gasteiger partial charge on any atom is 0.306 e. The fourth-order valence-electron chi connectivity index (χ4n) is 6.72. The van der Waals surface area contributed by atoms with Crippen LogP contribution in [0.3, 0.4) is 0 Å². The molecule has 0 bridgehead atoms. The number of rotatable bonds is 40. The Bertz CT molecular complexity index is 796. The summed E-state index contributed by atoms with van der Waals surface area (Å²) in [4.78, 5) is 37.7. The zero-order valence-corrected chi connectivity index (χ0v) is 35.4. The van der Waals surface area contributed by atoms with Crippen LogP contribution >= 0.6 is 0 Å². The molecule has 0 aromatic rings. The second-order valence-corrected chi connectivity index (χ2v) is 16.4. The fourth-order valence-corrected chi connectivity index (χ4v) is 6.72. The van der Waals surface area contributed by atoms with E-state index in [2.05, 4.69) is 34.6 Å². The average molecular weight is 737 g/mol. The zero-order chi connectivity index (χ0) is 38.3. The van der Waals surface area contributed by atoms with Crippen molar-refractivity contribution in [1.82, 2.24) is 0 Å². The van der Waals surface area contributed by atoms with Gasteiger partial charge in [-0.2, -0.15) is 0 Å². The summed E-state index contributed by atoms with van der Waals surface area (Å²) in [6.07, 6.45) is 36.5. The van der Waals surface area contributed by atoms with E-state index in [4.69, 9.17) is 14.2 Å². The summed E-state index contributed by atoms with van der Waals surface area (Å²) in [6.45, 7) is 11.3. The van der Waals surface area contributed by atoms with Crippen molar-refractivity contribution >= 4 is 17.9 Å². The molecule has 0 N–H and O–H groups in total. The molecular weight excluding hydrogens is 648 g/mol. The summed E-state index contributed by atoms with van der Waals surface area (Å²) < 4.78 is 16.7. The molecule has 0 aliphatic rings. The van der Waals surface area contributed by atoms with Crippen molar-refractivity contribution in [3.63, 3.8) is 0 Å². The first-order valence-corrected chi connectivity index (χ1v) is 22.8. The molecule has 0 radical (unpaired) electrons. The molecule has 52 heavy (non-hydrogen) atoms. The molecule has 308 valence electrons. The zero-order valence-electron chi connectivity index (χ0n) is 35.4. The van der Waals surface area contributed by atoms with Crippen molar-refractivity contribution in [2.24, 2.45) is 11.8 Å². The third-order valence-corrected chi connectivity index (χ3v) is 10.6. The molecule has 0 fully saturated rings. The Kier molecular flexibility index (Phi) is 37.9. The number of unbranched alkanes of at least 4 members (excludes halogenated alkanes) is 24. The number of hydrogen-bond acceptors (Lipinski definition) is 6. The topological polar surface area (TPSA) is 78.9 Å². The molecule has 0 aromatic heterocycles. The number of carbonyl (C=O) groups excluding carboxylic acids is 3. The predicted molar refractivity (Wildman–Crippen MR) is 220 cm³/mol. The Morgan fingerprint density at radius 2 is 0.731 bits per heavy atom. The van der Waals surface area contributed by atoms with Gasteiger partial charge in [0.05, 0.1) is 0 Å². The maximum absolute atomic E-state index is 12.7. The van der Waals surface area contributed by atoms with Gasteiger partial charge >= 0.3 is 17.9 Å². The lowest BCUT2D eigenvalue weighted by Crippen LogP contribution is -2.30. The average Bonchev–Trinajstić information content (AvgIpc) is 3.12. The van der Waals surface area contributed by atoms with Gasteiger partial charge in [-0.1, -0.05) is 208 Å². The highest BCUT2D eigenvalue weighted by atomic mass is 16.6. The van der Waals surface area contributed by atoms with E-state index in [1.165, 1.54) is 135 Å². The van der Waals surface area contributed by atoms with Crippen LogP contribution in [0, 0.1) is 11.8 Å². The third-order valence-electron chi connectivity index (χ3n) is 10.6. The molecule has 0 saturated carbocycles. The molecule has 0 aliphatic heterocycles. The highest BCUT2D eigenvalue weighted by molar-refractivity contribution is 5.71. The summed E-state index contributed by atoms with van der Waals surface area (Å²) in [5, 5.41) is 0. The van der Waals surface area contributed by atoms with Crippen LogP contribution in [0.25, 0.3) is 0 Å². The maximum atomic E-state index is 12.7. The van der Waals surface area contributed by atoms with Crippen LogP contribution in [0.4, 0.5) is 0 Å². The third kappa shape index (κ3) is 38.1. The molecule has 0 saturated heterocycles. The van der Waals surface area contributed by atoms with Gasteiger partial charge in [-0.25, -0.2) is 0 Å². The quantitative estimate of drug-likeness (QED) is 0.0354. The Morgan fingerprint density at radius 1 is 0.404 bits per heavy atom. The van der Waals surface area contributed by atoms with Gasteiger partial charge in [0.15, 0.2) is 6.10 Å². The lowest BCUT2D eigenvalue weighted by atomic mass is 9.99. The molecule has 0 amide bonds. The largest absolute Gasteiger partial charge is 0.462 e. The Morgan fingerprint density at radius 3 is 1.10 bits per heavy atom. The Balaban J connectivity index is 4.36. The van der Waals surface area contributed by atoms with E-state index in [1.54, 1.807) is 0 Å². The van der Waals surface area contributed by atoms with Crippen molar-refractivity contribution in [3.05, 3.63) is 0 Å². The molecule has 0 aliphatic carbocycles. The van der Waals surface area contributed by atoms with Crippen LogP contribution in [-0.2, 0) is 28.6 Å². The lowest BCUT2D eigenvalue weighted by molar-refractivity contribution is -0.167. The van der Waals surface area contributed by atoms with Crippen molar-refractivity contribution in [3.8, 4) is 0 Å². The van der Waals surface area contributed by atoms with Crippen molar-refractivity contribution < 1.29 is 28.6 Å². The Labute approximate surface area is 323 Å². The first-order chi connectivity index (χ1) is 25.3. The van der Waals surface area contributed by atoms with Crippen LogP contribution < -0.4 is 0 Å². The molecule has 2 atom stereocenters. The fraction of sp³-hybridized carbons (Fsp3) is 0.935. The van der Waals surface area contributed by atoms with Gasteiger partial charge in [-0.15, -0.1) is 0 Å². The SMILES string of the molecule is CCCCCCCCCCCCCC(=O)OC[C@H](COC(=O)CCCCCCCCCCC(C)C)OC(=O)CCCCCCCCCCC(C)CC. The van der Waals surface area contributed by atoms with E-state index in [0.29, 0.717) is 19.3 Å². The normalized spacial score (nSPS) is 12.6. The van der Waals surface area contributed by atoms with Crippen LogP contribution in [-0.4, -0.2) is 37.2 Å². The second kappa shape index (κ2) is 39.1. The van der Waals surface area contributed by atoms with Gasteiger partial charge in [0.25, 0.3) is 0 Å². The molecule has 6 heteroatoms. The highest BCUT2D eigenvalue weighted by Gasteiger charge is 2.19. The van der Waals surface area contributed by atoms with Gasteiger partial charge in [0.2, 0.25) is 0 Å². The molecule has 0 spiro atoms. The van der Waals surface area contributed by atoms with E-state index in [-0.39, 0.29) is 31.1 Å². The van der Waals surface area contributed by atoms with Crippen molar-refractivity contribution in [2.75, 3.05) is 13.2 Å². The molecule has 0 aromatic carbocycles. The molecule has 6 nitrogen and oxygen atoms in total. The predicted octanol–water partition coefficient (Wildman–Crippen LogP) is 14.2. The van der Waals surface area contributed by atoms with Crippen molar-refractivity contribution in [2.45, 2.75) is 253 Å². The van der Waals surface area contributed by atoms with Crippen molar-refractivity contribution in [1.29, 1.82) is 0 Å². The summed E-state index contributed by atoms with van der Waals surface area (Å²) in [6, 6.07) is 0. The smallest absolute Gasteiger partial charge is 0.306 e. The van der Waals surface area contributed by atoms with E-state index in [0.717, 1.165) is 69.6 Å². The summed E-state index contributed by atoms with van der Waals surface area (Å²) in [5.74, 6) is 0.780. The number of ether oxygens (including phenoxy) is 3. The standard InChI is InChI=1S/C46H88O6/c1-6-8-9-10-11-12-13-14-21-26-31-36-44(47)50-39-43(40-51-45(48)37-32-27-22-17-15-19-24-29-34-41(3)4)52-46(49)38-33-28-23-18-16-20-25-30-35-42(5)7-2/h41-43H,6-40H2,1-5H3/t42?,43-/m1/s1. The van der Waals surface area contributed by atoms with E-state index < -0.39 is 6.10 Å². The minimum atomic E-state index is -0.760. The highest BCUT2D eigenvalue weighted by Crippen LogP contribution is 2.17. The van der Waals surface area contributed by atoms with E-state index in [9.17, 15) is 14.4 Å². The summed E-state index contributed by atoms with van der Waals surface area (Å²) in [5.41, 5.74) is 0. The monoisotopic (exact) mass is 737 g/mol. The molecule has 0 heterocycles. The lowest BCUT2D eigenvalue weighted by Gasteiger charge is -2.18. The van der Waals surface area contributed by atoms with E-state index >= 15 is 0 Å². The first-order valence-electron chi connectivity index (χ1n) is 22.8. The van der Waals surface area contributed by atoms with Crippen LogP contribution in [0.2, 0.25) is 0 Å². The summed E-state index contributed by atoms with van der Waals surface area (Å²) in [7, 11) is 0. The van der Waals surface area contributed by atoms with Crippen LogP contribution in [0.15, 0.2) is 0 Å². The van der Waals surface area contributed by atoms with Gasteiger partial charge in [0.1, 0.15) is 13.2 Å². The van der Waals surface area contributed by atoms with Gasteiger partial charge in [-0.3, -0.25) is 14.4 Å². The van der Waals surface area contributed by atoms with E-state index in [1.807, 2.05) is 0 Å². The first kappa shape index (κ1) is 50.4. The molecular formula is C46H88O6. The Hall–Kier alpha value is -1.59. The summed E-state index contributed by atoms with van der Waals surface area (Å²) >= 11 is 0. The number of carbonyl (C=O) groups is 3. The minimum Gasteiger partial charge on any atom is -0.462 e. The van der Waals surface area contributed by atoms with Crippen LogP contribution in [0.5, 0.6) is 0 Å².